The van der Waals surface area contributed by atoms with Crippen LogP contribution in [0, 0.1) is 12.8 Å². The molecular formula is C23H37IN4O2S. The van der Waals surface area contributed by atoms with E-state index in [1.54, 1.807) is 7.11 Å². The number of hydrogen-bond acceptors (Lipinski definition) is 4. The summed E-state index contributed by atoms with van der Waals surface area (Å²) in [4.78, 5) is 19.2. The van der Waals surface area contributed by atoms with E-state index in [2.05, 4.69) is 45.6 Å². The number of ether oxygens (including phenoxy) is 1. The van der Waals surface area contributed by atoms with E-state index in [0.717, 1.165) is 80.5 Å². The zero-order valence-corrected chi connectivity index (χ0v) is 22.1. The molecule has 0 unspecified atom stereocenters. The van der Waals surface area contributed by atoms with Crippen LogP contribution in [0.15, 0.2) is 23.2 Å². The first kappa shape index (κ1) is 26.1. The molecule has 0 spiro atoms. The molecule has 1 saturated carbocycles. The average molecular weight is 561 g/mol. The van der Waals surface area contributed by atoms with Gasteiger partial charge < -0.3 is 20.3 Å². The van der Waals surface area contributed by atoms with Crippen molar-refractivity contribution in [1.29, 1.82) is 0 Å². The maximum Gasteiger partial charge on any atom is 0.225 e. The van der Waals surface area contributed by atoms with Crippen LogP contribution in [-0.4, -0.2) is 68.1 Å². The predicted octanol–water partition coefficient (Wildman–Crippen LogP) is 3.46. The molecule has 1 aromatic carbocycles. The molecule has 2 N–H and O–H groups in total. The fourth-order valence-electron chi connectivity index (χ4n) is 4.26. The van der Waals surface area contributed by atoms with Gasteiger partial charge >= 0.3 is 0 Å². The Kier molecular flexibility index (Phi) is 11.3. The number of carbonyl (C=O) groups is 1. The maximum absolute atomic E-state index is 12.7. The topological polar surface area (TPSA) is 66.0 Å². The second-order valence-corrected chi connectivity index (χ2v) is 9.41. The zero-order valence-electron chi connectivity index (χ0n) is 19.0. The van der Waals surface area contributed by atoms with Gasteiger partial charge in [-0.15, -0.1) is 24.0 Å². The van der Waals surface area contributed by atoms with Gasteiger partial charge in [-0.3, -0.25) is 9.79 Å². The quantitative estimate of drug-likeness (QED) is 0.317. The Bertz CT molecular complexity index is 732. The van der Waals surface area contributed by atoms with E-state index < -0.39 is 0 Å². The van der Waals surface area contributed by atoms with Crippen molar-refractivity contribution in [3.63, 3.8) is 0 Å². The van der Waals surface area contributed by atoms with Gasteiger partial charge in [-0.05, 0) is 56.2 Å². The smallest absolute Gasteiger partial charge is 0.225 e. The monoisotopic (exact) mass is 560 g/mol. The molecular weight excluding hydrogens is 523 g/mol. The number of amides is 1. The minimum Gasteiger partial charge on any atom is -0.496 e. The normalized spacial score (nSPS) is 21.8. The summed E-state index contributed by atoms with van der Waals surface area (Å²) in [5.74, 6) is 4.53. The lowest BCUT2D eigenvalue weighted by Crippen LogP contribution is -2.47. The third kappa shape index (κ3) is 7.73. The number of nitrogens with zero attached hydrogens (tertiary/aromatic N) is 2. The van der Waals surface area contributed by atoms with E-state index in [9.17, 15) is 4.79 Å². The summed E-state index contributed by atoms with van der Waals surface area (Å²) in [6.45, 7) is 4.71. The van der Waals surface area contributed by atoms with Crippen LogP contribution in [0.2, 0.25) is 0 Å². The molecule has 8 heteroatoms. The van der Waals surface area contributed by atoms with Gasteiger partial charge in [-0.2, -0.15) is 11.8 Å². The average Bonchev–Trinajstić information content (AvgIpc) is 2.80. The Morgan fingerprint density at radius 3 is 2.58 bits per heavy atom. The number of hydrogen-bond donors (Lipinski definition) is 2. The van der Waals surface area contributed by atoms with Gasteiger partial charge in [0, 0.05) is 50.1 Å². The molecule has 31 heavy (non-hydrogen) atoms. The van der Waals surface area contributed by atoms with Gasteiger partial charge in [-0.25, -0.2) is 0 Å². The number of methoxy groups -OCH3 is 1. The first-order chi connectivity index (χ1) is 14.6. The SMILES string of the molecule is CN=C(NCCc1ccc(C)c(OC)c1)NC1CCC(C(=O)N2CCSCC2)CC1.I. The summed E-state index contributed by atoms with van der Waals surface area (Å²) in [6.07, 6.45) is 4.90. The summed E-state index contributed by atoms with van der Waals surface area (Å²) in [5, 5.41) is 6.97. The number of nitrogens with one attached hydrogen (secondary N) is 2. The Labute approximate surface area is 208 Å². The second-order valence-electron chi connectivity index (χ2n) is 8.18. The van der Waals surface area contributed by atoms with Crippen LogP contribution in [0.1, 0.15) is 36.8 Å². The minimum atomic E-state index is 0. The number of benzene rings is 1. The van der Waals surface area contributed by atoms with Gasteiger partial charge in [0.1, 0.15) is 5.75 Å². The Morgan fingerprint density at radius 2 is 1.94 bits per heavy atom. The van der Waals surface area contributed by atoms with Crippen LogP contribution < -0.4 is 15.4 Å². The van der Waals surface area contributed by atoms with E-state index in [1.165, 1.54) is 5.56 Å². The summed E-state index contributed by atoms with van der Waals surface area (Å²) < 4.78 is 5.41. The van der Waals surface area contributed by atoms with Gasteiger partial charge in [0.2, 0.25) is 5.91 Å². The summed E-state index contributed by atoms with van der Waals surface area (Å²) in [5.41, 5.74) is 2.40. The van der Waals surface area contributed by atoms with Crippen molar-refractivity contribution in [2.75, 3.05) is 45.3 Å². The maximum atomic E-state index is 12.7. The van der Waals surface area contributed by atoms with Gasteiger partial charge in [-0.1, -0.05) is 12.1 Å². The fourth-order valence-corrected chi connectivity index (χ4v) is 5.16. The molecule has 3 rings (SSSR count). The molecule has 0 aromatic heterocycles. The summed E-state index contributed by atoms with van der Waals surface area (Å²) in [7, 11) is 3.53. The molecule has 1 aliphatic heterocycles. The second kappa shape index (κ2) is 13.4. The summed E-state index contributed by atoms with van der Waals surface area (Å²) >= 11 is 1.95. The number of thioether (sulfide) groups is 1. The lowest BCUT2D eigenvalue weighted by Gasteiger charge is -2.34. The van der Waals surface area contributed by atoms with Crippen LogP contribution in [0.3, 0.4) is 0 Å². The number of aryl methyl sites for hydroxylation is 1. The zero-order chi connectivity index (χ0) is 21.3. The molecule has 1 heterocycles. The van der Waals surface area contributed by atoms with Crippen LogP contribution >= 0.6 is 35.7 Å². The first-order valence-electron chi connectivity index (χ1n) is 11.1. The molecule has 2 aliphatic rings. The van der Waals surface area contributed by atoms with E-state index in [0.29, 0.717) is 11.9 Å². The molecule has 1 saturated heterocycles. The highest BCUT2D eigenvalue weighted by molar-refractivity contribution is 14.0. The van der Waals surface area contributed by atoms with E-state index in [4.69, 9.17) is 4.74 Å². The molecule has 2 fully saturated rings. The largest absolute Gasteiger partial charge is 0.496 e. The highest BCUT2D eigenvalue weighted by atomic mass is 127. The molecule has 0 bridgehead atoms. The molecule has 1 amide bonds. The highest BCUT2D eigenvalue weighted by Gasteiger charge is 2.30. The lowest BCUT2D eigenvalue weighted by atomic mass is 9.85. The van der Waals surface area contributed by atoms with Crippen molar-refractivity contribution >= 4 is 47.6 Å². The summed E-state index contributed by atoms with van der Waals surface area (Å²) in [6, 6.07) is 6.74. The van der Waals surface area contributed by atoms with E-state index in [-0.39, 0.29) is 29.9 Å². The van der Waals surface area contributed by atoms with Crippen LogP contribution in [-0.2, 0) is 11.2 Å². The molecule has 1 aliphatic carbocycles. The Morgan fingerprint density at radius 1 is 1.23 bits per heavy atom. The van der Waals surface area contributed by atoms with Crippen molar-refractivity contribution in [1.82, 2.24) is 15.5 Å². The van der Waals surface area contributed by atoms with Crippen molar-refractivity contribution in [3.05, 3.63) is 29.3 Å². The molecule has 0 radical (unpaired) electrons. The third-order valence-electron chi connectivity index (χ3n) is 6.14. The molecule has 0 atom stereocenters. The van der Waals surface area contributed by atoms with Crippen molar-refractivity contribution in [3.8, 4) is 5.75 Å². The van der Waals surface area contributed by atoms with E-state index >= 15 is 0 Å². The predicted molar refractivity (Wildman–Crippen MR) is 141 cm³/mol. The van der Waals surface area contributed by atoms with Crippen LogP contribution in [0.4, 0.5) is 0 Å². The number of carbonyl (C=O) groups excluding carboxylic acids is 1. The van der Waals surface area contributed by atoms with Gasteiger partial charge in [0.25, 0.3) is 0 Å². The van der Waals surface area contributed by atoms with Crippen molar-refractivity contribution < 1.29 is 9.53 Å². The Balaban J connectivity index is 0.00000341. The van der Waals surface area contributed by atoms with Crippen molar-refractivity contribution in [2.24, 2.45) is 10.9 Å². The van der Waals surface area contributed by atoms with Gasteiger partial charge in [0.15, 0.2) is 5.96 Å². The highest BCUT2D eigenvalue weighted by Crippen LogP contribution is 2.27. The Hall–Kier alpha value is -1.16. The lowest BCUT2D eigenvalue weighted by molar-refractivity contribution is -0.136. The fraction of sp³-hybridized carbons (Fsp3) is 0.652. The molecule has 174 valence electrons. The minimum absolute atomic E-state index is 0. The standard InChI is InChI=1S/C23H36N4O2S.HI/c1-17-4-5-18(16-21(17)29-3)10-11-25-23(24-2)26-20-8-6-19(7-9-20)22(28)27-12-14-30-15-13-27;/h4-5,16,19-20H,6-15H2,1-3H3,(H2,24,25,26);1H. The van der Waals surface area contributed by atoms with Crippen LogP contribution in [0.25, 0.3) is 0 Å². The van der Waals surface area contributed by atoms with Crippen LogP contribution in [0.5, 0.6) is 5.75 Å². The van der Waals surface area contributed by atoms with Gasteiger partial charge in [0.05, 0.1) is 7.11 Å². The van der Waals surface area contributed by atoms with E-state index in [1.807, 2.05) is 18.8 Å². The third-order valence-corrected chi connectivity index (χ3v) is 7.08. The number of aliphatic imine (C=N–C) groups is 1. The number of halogens is 1. The molecule has 6 nitrogen and oxygen atoms in total. The number of rotatable bonds is 6. The molecule has 1 aromatic rings. The number of guanidine groups is 1. The van der Waals surface area contributed by atoms with Crippen molar-refractivity contribution in [2.45, 2.75) is 45.1 Å². The first-order valence-corrected chi connectivity index (χ1v) is 12.2.